The van der Waals surface area contributed by atoms with Crippen LogP contribution in [0, 0.1) is 12.3 Å². The van der Waals surface area contributed by atoms with Crippen LogP contribution < -0.4 is 14.9 Å². The zero-order valence-electron chi connectivity index (χ0n) is 15.9. The Kier molecular flexibility index (Phi) is 6.88. The Balaban J connectivity index is 1.56. The molecule has 0 radical (unpaired) electrons. The highest BCUT2D eigenvalue weighted by molar-refractivity contribution is 7.89. The van der Waals surface area contributed by atoms with Crippen molar-refractivity contribution in [1.82, 2.24) is 10.0 Å². The van der Waals surface area contributed by atoms with Gasteiger partial charge in [0.25, 0.3) is 5.91 Å². The van der Waals surface area contributed by atoms with Crippen molar-refractivity contribution in [3.63, 3.8) is 0 Å². The van der Waals surface area contributed by atoms with E-state index in [2.05, 4.69) is 20.9 Å². The molecule has 0 atom stereocenters. The fourth-order valence-corrected chi connectivity index (χ4v) is 3.87. The predicted molar refractivity (Wildman–Crippen MR) is 111 cm³/mol. The van der Waals surface area contributed by atoms with E-state index in [1.807, 2.05) is 24.3 Å². The number of ether oxygens (including phenoxy) is 1. The van der Waals surface area contributed by atoms with E-state index in [-0.39, 0.29) is 17.3 Å². The fourth-order valence-electron chi connectivity index (χ4n) is 2.94. The molecular formula is C21H23N3O4S. The highest BCUT2D eigenvalue weighted by Gasteiger charge is 2.14. The van der Waals surface area contributed by atoms with E-state index < -0.39 is 10.0 Å². The van der Waals surface area contributed by atoms with Crippen LogP contribution in [0.25, 0.3) is 0 Å². The lowest BCUT2D eigenvalue weighted by atomic mass is 10.1. The number of sulfonamides is 1. The summed E-state index contributed by atoms with van der Waals surface area (Å²) in [4.78, 5) is 14.7. The van der Waals surface area contributed by atoms with Crippen molar-refractivity contribution in [1.29, 1.82) is 0 Å². The maximum atomic E-state index is 12.3. The lowest BCUT2D eigenvalue weighted by Crippen LogP contribution is -2.36. The van der Waals surface area contributed by atoms with Gasteiger partial charge in [-0.05, 0) is 42.0 Å². The number of hydrogen-bond donors (Lipinski definition) is 2. The van der Waals surface area contributed by atoms with Gasteiger partial charge < -0.3 is 15.0 Å². The van der Waals surface area contributed by atoms with Crippen molar-refractivity contribution in [2.75, 3.05) is 37.7 Å². The molecule has 0 bridgehead atoms. The number of anilines is 1. The summed E-state index contributed by atoms with van der Waals surface area (Å²) >= 11 is 0. The smallest absolute Gasteiger partial charge is 0.251 e. The number of nitrogens with one attached hydrogen (secondary N) is 2. The molecule has 29 heavy (non-hydrogen) atoms. The van der Waals surface area contributed by atoms with E-state index in [0.717, 1.165) is 37.6 Å². The Morgan fingerprint density at radius 1 is 1.07 bits per heavy atom. The molecule has 2 aromatic carbocycles. The average molecular weight is 413 g/mol. The molecular weight excluding hydrogens is 390 g/mol. The molecule has 1 aliphatic rings. The first-order valence-corrected chi connectivity index (χ1v) is 10.7. The summed E-state index contributed by atoms with van der Waals surface area (Å²) in [7, 11) is -3.67. The fraction of sp³-hybridized carbons (Fsp3) is 0.286. The summed E-state index contributed by atoms with van der Waals surface area (Å²) in [6.07, 6.45) is 5.07. The average Bonchev–Trinajstić information content (AvgIpc) is 2.77. The van der Waals surface area contributed by atoms with Crippen molar-refractivity contribution in [2.45, 2.75) is 11.4 Å². The van der Waals surface area contributed by atoms with Crippen LogP contribution in [0.3, 0.4) is 0 Å². The predicted octanol–water partition coefficient (Wildman–Crippen LogP) is 1.36. The van der Waals surface area contributed by atoms with Crippen LogP contribution in [-0.2, 0) is 21.3 Å². The molecule has 7 nitrogen and oxygen atoms in total. The molecule has 1 amide bonds. The molecule has 1 fully saturated rings. The second-order valence-corrected chi connectivity index (χ2v) is 8.27. The third kappa shape index (κ3) is 5.57. The van der Waals surface area contributed by atoms with Crippen LogP contribution in [-0.4, -0.2) is 47.2 Å². The molecule has 0 aliphatic carbocycles. The molecule has 2 N–H and O–H groups in total. The first-order chi connectivity index (χ1) is 14.0. The number of amides is 1. The van der Waals surface area contributed by atoms with E-state index >= 15 is 0 Å². The summed E-state index contributed by atoms with van der Waals surface area (Å²) < 4.78 is 31.6. The molecule has 1 heterocycles. The van der Waals surface area contributed by atoms with Crippen LogP contribution >= 0.6 is 0 Å². The Hall–Kier alpha value is -2.86. The van der Waals surface area contributed by atoms with E-state index in [0.29, 0.717) is 12.1 Å². The number of benzene rings is 2. The van der Waals surface area contributed by atoms with Crippen LogP contribution in [0.4, 0.5) is 5.69 Å². The largest absolute Gasteiger partial charge is 0.378 e. The van der Waals surface area contributed by atoms with Gasteiger partial charge in [0.2, 0.25) is 10.0 Å². The maximum absolute atomic E-state index is 12.3. The molecule has 1 aliphatic heterocycles. The number of morpholine rings is 1. The number of nitrogens with zero attached hydrogens (tertiary/aromatic N) is 1. The summed E-state index contributed by atoms with van der Waals surface area (Å²) in [5, 5.41) is 2.84. The van der Waals surface area contributed by atoms with Crippen LogP contribution in [0.1, 0.15) is 15.9 Å². The molecule has 0 saturated carbocycles. The van der Waals surface area contributed by atoms with Crippen molar-refractivity contribution < 1.29 is 17.9 Å². The van der Waals surface area contributed by atoms with Gasteiger partial charge in [-0.3, -0.25) is 4.79 Å². The minimum Gasteiger partial charge on any atom is -0.378 e. The Bertz CT molecular complexity index is 974. The summed E-state index contributed by atoms with van der Waals surface area (Å²) in [5.41, 5.74) is 2.50. The Morgan fingerprint density at radius 2 is 1.72 bits per heavy atom. The first kappa shape index (κ1) is 20.9. The number of carbonyl (C=O) groups is 1. The van der Waals surface area contributed by atoms with E-state index in [1.165, 1.54) is 24.3 Å². The summed E-state index contributed by atoms with van der Waals surface area (Å²) in [6.45, 7) is 3.51. The normalized spacial score (nSPS) is 14.2. The second-order valence-electron chi connectivity index (χ2n) is 6.50. The molecule has 152 valence electrons. The molecule has 2 aromatic rings. The van der Waals surface area contributed by atoms with Crippen LogP contribution in [0.2, 0.25) is 0 Å². The third-order valence-corrected chi connectivity index (χ3v) is 5.97. The molecule has 0 aromatic heterocycles. The van der Waals surface area contributed by atoms with Gasteiger partial charge in [0.15, 0.2) is 0 Å². The second kappa shape index (κ2) is 9.56. The van der Waals surface area contributed by atoms with Gasteiger partial charge in [-0.25, -0.2) is 8.42 Å². The van der Waals surface area contributed by atoms with Gasteiger partial charge in [-0.15, -0.1) is 6.42 Å². The van der Waals surface area contributed by atoms with Crippen molar-refractivity contribution in [3.8, 4) is 12.3 Å². The highest BCUT2D eigenvalue weighted by Crippen LogP contribution is 2.17. The van der Waals surface area contributed by atoms with Crippen molar-refractivity contribution in [3.05, 3.63) is 59.7 Å². The maximum Gasteiger partial charge on any atom is 0.251 e. The number of hydrogen-bond acceptors (Lipinski definition) is 5. The molecule has 3 rings (SSSR count). The quantitative estimate of drug-likeness (QED) is 0.670. The zero-order valence-corrected chi connectivity index (χ0v) is 16.7. The van der Waals surface area contributed by atoms with Gasteiger partial charge in [0.05, 0.1) is 24.7 Å². The minimum absolute atomic E-state index is 0.0583. The van der Waals surface area contributed by atoms with Gasteiger partial charge in [-0.2, -0.15) is 4.72 Å². The molecule has 0 unspecified atom stereocenters. The van der Waals surface area contributed by atoms with E-state index in [1.54, 1.807) is 0 Å². The van der Waals surface area contributed by atoms with Crippen LogP contribution in [0.15, 0.2) is 53.4 Å². The van der Waals surface area contributed by atoms with E-state index in [9.17, 15) is 13.2 Å². The monoisotopic (exact) mass is 413 g/mol. The third-order valence-electron chi connectivity index (χ3n) is 4.56. The van der Waals surface area contributed by atoms with Gasteiger partial charge in [0, 0.05) is 30.9 Å². The lowest BCUT2D eigenvalue weighted by molar-refractivity contribution is 0.0950. The minimum atomic E-state index is -3.67. The SMILES string of the molecule is C#CCNS(=O)(=O)c1ccc(C(=O)NCc2ccc(N3CCOCC3)cc2)cc1. The van der Waals surface area contributed by atoms with Gasteiger partial charge in [-0.1, -0.05) is 18.1 Å². The van der Waals surface area contributed by atoms with Crippen molar-refractivity contribution >= 4 is 21.6 Å². The standard InChI is InChI=1S/C21H23N3O4S/c1-2-11-23-29(26,27)20-9-5-18(6-10-20)21(25)22-16-17-3-7-19(8-4-17)24-12-14-28-15-13-24/h1,3-10,23H,11-16H2,(H,22,25). The van der Waals surface area contributed by atoms with E-state index in [4.69, 9.17) is 11.2 Å². The van der Waals surface area contributed by atoms with Crippen LogP contribution in [0.5, 0.6) is 0 Å². The van der Waals surface area contributed by atoms with Gasteiger partial charge >= 0.3 is 0 Å². The number of terminal acetylenes is 1. The molecule has 1 saturated heterocycles. The topological polar surface area (TPSA) is 87.7 Å². The summed E-state index contributed by atoms with van der Waals surface area (Å²) in [5.74, 6) is 1.94. The Morgan fingerprint density at radius 3 is 2.34 bits per heavy atom. The first-order valence-electron chi connectivity index (χ1n) is 9.22. The summed E-state index contributed by atoms with van der Waals surface area (Å²) in [6, 6.07) is 13.7. The number of carbonyl (C=O) groups excluding carboxylic acids is 1. The van der Waals surface area contributed by atoms with Gasteiger partial charge in [0.1, 0.15) is 0 Å². The number of rotatable bonds is 7. The zero-order chi connectivity index (χ0) is 20.7. The molecule has 0 spiro atoms. The lowest BCUT2D eigenvalue weighted by Gasteiger charge is -2.28. The van der Waals surface area contributed by atoms with Crippen molar-refractivity contribution in [2.24, 2.45) is 0 Å². The highest BCUT2D eigenvalue weighted by atomic mass is 32.2. The Labute approximate surface area is 171 Å². The molecule has 8 heteroatoms.